The normalized spacial score (nSPS) is 9.50. The van der Waals surface area contributed by atoms with Gasteiger partial charge in [0.1, 0.15) is 0 Å². The molecule has 0 saturated carbocycles. The van der Waals surface area contributed by atoms with E-state index in [-0.39, 0.29) is 14.2 Å². The average Bonchev–Trinajstić information content (AvgIpc) is 2.58. The van der Waals surface area contributed by atoms with E-state index in [4.69, 9.17) is 0 Å². The van der Waals surface area contributed by atoms with Crippen LogP contribution in [0.2, 0.25) is 0 Å². The number of aromatic nitrogens is 3. The van der Waals surface area contributed by atoms with E-state index in [0.717, 1.165) is 0 Å². The fraction of sp³-hybridized carbons (Fsp3) is 0. The molecule has 0 amide bonds. The van der Waals surface area contributed by atoms with Crippen molar-refractivity contribution >= 4 is 17.9 Å². The summed E-state index contributed by atoms with van der Waals surface area (Å²) in [6.45, 7) is 9.11. The van der Waals surface area contributed by atoms with Crippen molar-refractivity contribution in [1.82, 2.24) is 14.2 Å². The molecule has 24 heavy (non-hydrogen) atoms. The van der Waals surface area contributed by atoms with Crippen molar-refractivity contribution in [3.05, 3.63) is 69.4 Å². The third kappa shape index (κ3) is 3.62. The van der Waals surface area contributed by atoms with Crippen molar-refractivity contribution < 1.29 is 28.9 Å². The lowest BCUT2D eigenvalue weighted by atomic mass is 10.7. The van der Waals surface area contributed by atoms with Gasteiger partial charge in [0.25, 0.3) is 0 Å². The molecule has 0 atom stereocenters. The highest BCUT2D eigenvalue weighted by Gasteiger charge is 2.22. The van der Waals surface area contributed by atoms with Crippen LogP contribution in [0.3, 0.4) is 0 Å². The van der Waals surface area contributed by atoms with Crippen molar-refractivity contribution in [3.63, 3.8) is 0 Å². The first kappa shape index (κ1) is 18.1. The van der Waals surface area contributed by atoms with E-state index in [1.165, 1.54) is 0 Å². The van der Waals surface area contributed by atoms with E-state index in [1.807, 2.05) is 0 Å². The molecule has 0 aliphatic carbocycles. The second-order valence-electron chi connectivity index (χ2n) is 3.57. The summed E-state index contributed by atoms with van der Waals surface area (Å²) >= 11 is 0. The van der Waals surface area contributed by atoms with Crippen LogP contribution in [0.25, 0.3) is 0 Å². The van der Waals surface area contributed by atoms with E-state index in [2.05, 4.69) is 34.2 Å². The minimum absolute atomic E-state index is 0.294. The standard InChI is InChI=1S/C12H9N3O9/c1-4-7(16)22-13-10(19)14(23-8(17)5-2)12(21)15(11(13)20)24-9(18)6-3/h4-6H,1-3H2. The van der Waals surface area contributed by atoms with Crippen molar-refractivity contribution in [2.45, 2.75) is 0 Å². The highest BCUT2D eigenvalue weighted by atomic mass is 16.8. The van der Waals surface area contributed by atoms with Crippen LogP contribution in [-0.4, -0.2) is 32.1 Å². The molecule has 12 heteroatoms. The van der Waals surface area contributed by atoms with Crippen LogP contribution in [-0.2, 0) is 14.4 Å². The van der Waals surface area contributed by atoms with Crippen LogP contribution in [0.1, 0.15) is 0 Å². The van der Waals surface area contributed by atoms with Crippen molar-refractivity contribution in [2.24, 2.45) is 0 Å². The Bertz CT molecular complexity index is 766. The summed E-state index contributed by atoms with van der Waals surface area (Å²) in [5.41, 5.74) is -5.00. The van der Waals surface area contributed by atoms with Crippen molar-refractivity contribution in [2.75, 3.05) is 0 Å². The summed E-state index contributed by atoms with van der Waals surface area (Å²) in [6.07, 6.45) is 1.78. The predicted octanol–water partition coefficient (Wildman–Crippen LogP) is -3.40. The Balaban J connectivity index is 3.73. The highest BCUT2D eigenvalue weighted by molar-refractivity contribution is 5.82. The molecule has 0 radical (unpaired) electrons. The van der Waals surface area contributed by atoms with E-state index in [0.29, 0.717) is 18.2 Å². The number of nitrogens with zero attached hydrogens (tertiary/aromatic N) is 3. The molecule has 0 N–H and O–H groups in total. The monoisotopic (exact) mass is 339 g/mol. The van der Waals surface area contributed by atoms with Gasteiger partial charge in [0.05, 0.1) is 0 Å². The van der Waals surface area contributed by atoms with Crippen LogP contribution in [0, 0.1) is 0 Å². The lowest BCUT2D eigenvalue weighted by Crippen LogP contribution is -2.60. The smallest absolute Gasteiger partial charge is 0.322 e. The maximum Gasteiger partial charge on any atom is 0.405 e. The Labute approximate surface area is 131 Å². The molecule has 1 aromatic heterocycles. The topological polar surface area (TPSA) is 145 Å². The average molecular weight is 339 g/mol. The third-order valence-electron chi connectivity index (χ3n) is 2.09. The van der Waals surface area contributed by atoms with Crippen molar-refractivity contribution in [1.29, 1.82) is 0 Å². The van der Waals surface area contributed by atoms with E-state index in [1.54, 1.807) is 0 Å². The molecule has 0 spiro atoms. The minimum Gasteiger partial charge on any atom is -0.322 e. The van der Waals surface area contributed by atoms with Gasteiger partial charge in [-0.3, -0.25) is 0 Å². The molecule has 1 heterocycles. The van der Waals surface area contributed by atoms with Gasteiger partial charge in [-0.1, -0.05) is 33.9 Å². The number of hydrogen-bond acceptors (Lipinski definition) is 9. The van der Waals surface area contributed by atoms with Crippen LogP contribution in [0.15, 0.2) is 52.3 Å². The molecule has 1 aromatic rings. The Kier molecular flexibility index (Phi) is 5.54. The summed E-state index contributed by atoms with van der Waals surface area (Å²) in [4.78, 5) is 82.3. The zero-order valence-corrected chi connectivity index (χ0v) is 11.9. The Morgan fingerprint density at radius 1 is 0.625 bits per heavy atom. The zero-order chi connectivity index (χ0) is 18.4. The Morgan fingerprint density at radius 2 is 0.833 bits per heavy atom. The molecular formula is C12H9N3O9. The fourth-order valence-corrected chi connectivity index (χ4v) is 1.11. The van der Waals surface area contributed by atoms with Crippen LogP contribution in [0.4, 0.5) is 0 Å². The van der Waals surface area contributed by atoms with Crippen molar-refractivity contribution in [3.8, 4) is 0 Å². The molecule has 0 bridgehead atoms. The molecule has 1 rings (SSSR count). The molecule has 0 unspecified atom stereocenters. The van der Waals surface area contributed by atoms with Gasteiger partial charge in [0.2, 0.25) is 0 Å². The summed E-state index contributed by atoms with van der Waals surface area (Å²) < 4.78 is -0.881. The van der Waals surface area contributed by atoms with Crippen LogP contribution < -0.4 is 31.6 Å². The number of rotatable bonds is 6. The number of carbonyl (C=O) groups is 3. The van der Waals surface area contributed by atoms with Gasteiger partial charge in [0.15, 0.2) is 0 Å². The fourth-order valence-electron chi connectivity index (χ4n) is 1.11. The molecule has 126 valence electrons. The van der Waals surface area contributed by atoms with E-state index in [9.17, 15) is 28.8 Å². The van der Waals surface area contributed by atoms with Gasteiger partial charge >= 0.3 is 35.0 Å². The van der Waals surface area contributed by atoms with Gasteiger partial charge in [-0.15, -0.1) is 0 Å². The second kappa shape index (κ2) is 7.35. The maximum absolute atomic E-state index is 11.9. The predicted molar refractivity (Wildman–Crippen MR) is 74.6 cm³/mol. The lowest BCUT2D eigenvalue weighted by molar-refractivity contribution is -0.146. The van der Waals surface area contributed by atoms with E-state index < -0.39 is 35.0 Å². The Hall–Kier alpha value is -3.96. The molecular weight excluding hydrogens is 330 g/mol. The lowest BCUT2D eigenvalue weighted by Gasteiger charge is -2.10. The summed E-state index contributed by atoms with van der Waals surface area (Å²) in [7, 11) is 0. The third-order valence-corrected chi connectivity index (χ3v) is 2.09. The van der Waals surface area contributed by atoms with Gasteiger partial charge in [-0.2, -0.15) is 0 Å². The minimum atomic E-state index is -1.67. The van der Waals surface area contributed by atoms with Gasteiger partial charge in [-0.05, 0) is 0 Å². The zero-order valence-electron chi connectivity index (χ0n) is 11.9. The van der Waals surface area contributed by atoms with Crippen LogP contribution in [0.5, 0.6) is 0 Å². The molecule has 0 aliphatic heterocycles. The first-order valence-corrected chi connectivity index (χ1v) is 5.82. The van der Waals surface area contributed by atoms with Gasteiger partial charge < -0.3 is 14.5 Å². The molecule has 0 aliphatic rings. The summed E-state index contributed by atoms with van der Waals surface area (Å²) in [5.74, 6) is -3.80. The quantitative estimate of drug-likeness (QED) is 0.484. The first-order chi connectivity index (χ1) is 11.3. The summed E-state index contributed by atoms with van der Waals surface area (Å²) in [6, 6.07) is 0. The second-order valence-corrected chi connectivity index (χ2v) is 3.57. The first-order valence-electron chi connectivity index (χ1n) is 5.82. The maximum atomic E-state index is 11.9. The van der Waals surface area contributed by atoms with Gasteiger partial charge in [0, 0.05) is 18.2 Å². The van der Waals surface area contributed by atoms with Crippen LogP contribution >= 0.6 is 0 Å². The summed E-state index contributed by atoms with van der Waals surface area (Å²) in [5, 5.41) is 0. The SMILES string of the molecule is C=CC(=O)On1c(=O)n(OC(=O)C=C)c(=O)n(OC(=O)C=C)c1=O. The molecule has 0 aromatic carbocycles. The number of hydrogen-bond donors (Lipinski definition) is 0. The van der Waals surface area contributed by atoms with E-state index >= 15 is 0 Å². The largest absolute Gasteiger partial charge is 0.405 e. The molecule has 0 saturated heterocycles. The highest BCUT2D eigenvalue weighted by Crippen LogP contribution is 1.76. The molecule has 0 fully saturated rings. The number of carbonyl (C=O) groups excluding carboxylic acids is 3. The molecule has 12 nitrogen and oxygen atoms in total. The van der Waals surface area contributed by atoms with Gasteiger partial charge in [-0.25, -0.2) is 28.8 Å². The Morgan fingerprint density at radius 3 is 1.00 bits per heavy atom.